The van der Waals surface area contributed by atoms with Crippen LogP contribution in [0.15, 0.2) is 57.7 Å². The average molecular weight is 449 g/mol. The Balaban J connectivity index is 1.77. The van der Waals surface area contributed by atoms with Gasteiger partial charge in [0, 0.05) is 6.54 Å². The molecule has 6 nitrogen and oxygen atoms in total. The number of fused-ring (bicyclic) bond motifs is 2. The summed E-state index contributed by atoms with van der Waals surface area (Å²) in [5.74, 6) is 0.673. The van der Waals surface area contributed by atoms with E-state index in [9.17, 15) is 9.59 Å². The van der Waals surface area contributed by atoms with Crippen LogP contribution in [0.5, 0.6) is 5.75 Å². The van der Waals surface area contributed by atoms with Gasteiger partial charge in [-0.2, -0.15) is 0 Å². The predicted molar refractivity (Wildman–Crippen MR) is 130 cm³/mol. The fourth-order valence-corrected chi connectivity index (χ4v) is 4.54. The van der Waals surface area contributed by atoms with E-state index in [1.54, 1.807) is 17.0 Å². The van der Waals surface area contributed by atoms with E-state index in [0.29, 0.717) is 29.7 Å². The molecule has 0 aliphatic carbocycles. The van der Waals surface area contributed by atoms with Gasteiger partial charge in [-0.3, -0.25) is 9.59 Å². The summed E-state index contributed by atoms with van der Waals surface area (Å²) in [5, 5.41) is 0.498. The highest BCUT2D eigenvalue weighted by Crippen LogP contribution is 2.39. The minimum absolute atomic E-state index is 0.142. The number of rotatable bonds is 10. The van der Waals surface area contributed by atoms with Gasteiger partial charge in [0.25, 0.3) is 5.91 Å². The summed E-state index contributed by atoms with van der Waals surface area (Å²) >= 11 is 0. The molecule has 2 aromatic carbocycles. The maximum atomic E-state index is 13.5. The molecule has 0 bridgehead atoms. The summed E-state index contributed by atoms with van der Waals surface area (Å²) in [4.78, 5) is 31.2. The number of ether oxygens (including phenoxy) is 1. The van der Waals surface area contributed by atoms with Gasteiger partial charge in [-0.05, 0) is 62.3 Å². The Kier molecular flexibility index (Phi) is 7.14. The highest BCUT2D eigenvalue weighted by Gasteiger charge is 2.42. The van der Waals surface area contributed by atoms with Crippen molar-refractivity contribution in [1.29, 1.82) is 0 Å². The summed E-state index contributed by atoms with van der Waals surface area (Å²) in [6, 6.07) is 14.4. The molecule has 0 saturated carbocycles. The third-order valence-electron chi connectivity index (χ3n) is 6.29. The molecule has 1 atom stereocenters. The number of hydrogen-bond donors (Lipinski definition) is 0. The molecule has 174 valence electrons. The molecular weight excluding hydrogens is 416 g/mol. The minimum atomic E-state index is -0.491. The summed E-state index contributed by atoms with van der Waals surface area (Å²) < 4.78 is 11.8. The highest BCUT2D eigenvalue weighted by molar-refractivity contribution is 5.99. The molecule has 2 heterocycles. The van der Waals surface area contributed by atoms with Crippen molar-refractivity contribution < 1.29 is 13.9 Å². The van der Waals surface area contributed by atoms with Gasteiger partial charge in [0.05, 0.1) is 23.6 Å². The van der Waals surface area contributed by atoms with Crippen LogP contribution in [0.25, 0.3) is 11.0 Å². The lowest BCUT2D eigenvalue weighted by Crippen LogP contribution is -2.33. The van der Waals surface area contributed by atoms with E-state index in [2.05, 4.69) is 25.7 Å². The predicted octanol–water partition coefficient (Wildman–Crippen LogP) is 4.86. The number of benzene rings is 2. The third-order valence-corrected chi connectivity index (χ3v) is 6.29. The maximum Gasteiger partial charge on any atom is 0.290 e. The third kappa shape index (κ3) is 4.53. The van der Waals surface area contributed by atoms with Crippen LogP contribution >= 0.6 is 0 Å². The molecule has 1 aliphatic heterocycles. The second-order valence-electron chi connectivity index (χ2n) is 8.37. The quantitative estimate of drug-likeness (QED) is 0.443. The molecular formula is C27H32N2O4. The fraction of sp³-hybridized carbons (Fsp3) is 0.407. The van der Waals surface area contributed by atoms with Crippen molar-refractivity contribution >= 4 is 16.9 Å². The zero-order chi connectivity index (χ0) is 23.4. The SMILES string of the molecule is CCCOc1cccc(C2c3c(oc4ccccc4c3=O)C(=O)N2CCCN(CC)CC)c1. The van der Waals surface area contributed by atoms with E-state index < -0.39 is 6.04 Å². The van der Waals surface area contributed by atoms with Crippen LogP contribution < -0.4 is 10.2 Å². The number of para-hydroxylation sites is 1. The number of carbonyl (C=O) groups is 1. The number of carbonyl (C=O) groups excluding carboxylic acids is 1. The van der Waals surface area contributed by atoms with Gasteiger partial charge in [-0.1, -0.05) is 45.0 Å². The van der Waals surface area contributed by atoms with Crippen molar-refractivity contribution in [2.24, 2.45) is 0 Å². The summed E-state index contributed by atoms with van der Waals surface area (Å²) in [6.07, 6.45) is 1.72. The molecule has 0 spiro atoms. The molecule has 1 aromatic heterocycles. The first-order valence-electron chi connectivity index (χ1n) is 11.9. The van der Waals surface area contributed by atoms with Crippen molar-refractivity contribution in [2.45, 2.75) is 39.7 Å². The van der Waals surface area contributed by atoms with Crippen LogP contribution in [-0.2, 0) is 0 Å². The Hall–Kier alpha value is -3.12. The lowest BCUT2D eigenvalue weighted by molar-refractivity contribution is 0.0720. The van der Waals surface area contributed by atoms with Crippen LogP contribution in [0, 0.1) is 0 Å². The summed E-state index contributed by atoms with van der Waals surface area (Å²) in [6.45, 7) is 10.3. The standard InChI is InChI=1S/C27H32N2O4/c1-4-17-32-20-12-9-11-19(18-20)24-23-25(30)21-13-7-8-14-22(21)33-26(23)27(31)29(24)16-10-15-28(5-2)6-3/h7-9,11-14,18,24H,4-6,10,15-17H2,1-3H3. The Bertz CT molecular complexity index is 1180. The molecule has 0 radical (unpaired) electrons. The van der Waals surface area contributed by atoms with Crippen molar-refractivity contribution in [3.63, 3.8) is 0 Å². The van der Waals surface area contributed by atoms with E-state index >= 15 is 0 Å². The Labute approximate surface area is 194 Å². The van der Waals surface area contributed by atoms with Gasteiger partial charge in [-0.15, -0.1) is 0 Å². The van der Waals surface area contributed by atoms with Gasteiger partial charge < -0.3 is 19.0 Å². The number of hydrogen-bond acceptors (Lipinski definition) is 5. The molecule has 1 unspecified atom stereocenters. The van der Waals surface area contributed by atoms with E-state index in [1.165, 1.54) is 0 Å². The first-order valence-corrected chi connectivity index (χ1v) is 11.9. The van der Waals surface area contributed by atoms with E-state index in [1.807, 2.05) is 36.4 Å². The average Bonchev–Trinajstić information content (AvgIpc) is 3.12. The monoisotopic (exact) mass is 448 g/mol. The maximum absolute atomic E-state index is 13.5. The zero-order valence-corrected chi connectivity index (χ0v) is 19.7. The second-order valence-corrected chi connectivity index (χ2v) is 8.37. The molecule has 0 N–H and O–H groups in total. The van der Waals surface area contributed by atoms with Crippen molar-refractivity contribution in [1.82, 2.24) is 9.80 Å². The molecule has 3 aromatic rings. The summed E-state index contributed by atoms with van der Waals surface area (Å²) in [7, 11) is 0. The van der Waals surface area contributed by atoms with Crippen LogP contribution in [0.2, 0.25) is 0 Å². The molecule has 4 rings (SSSR count). The van der Waals surface area contributed by atoms with Crippen molar-refractivity contribution in [3.8, 4) is 5.75 Å². The lowest BCUT2D eigenvalue weighted by atomic mass is 9.98. The Morgan fingerprint density at radius 1 is 1.03 bits per heavy atom. The molecule has 1 aliphatic rings. The van der Waals surface area contributed by atoms with E-state index in [-0.39, 0.29) is 17.1 Å². The lowest BCUT2D eigenvalue weighted by Gasteiger charge is -2.27. The van der Waals surface area contributed by atoms with Gasteiger partial charge >= 0.3 is 0 Å². The molecule has 1 amide bonds. The number of nitrogens with zero attached hydrogens (tertiary/aromatic N) is 2. The van der Waals surface area contributed by atoms with E-state index in [0.717, 1.165) is 43.8 Å². The van der Waals surface area contributed by atoms with Crippen LogP contribution in [0.3, 0.4) is 0 Å². The Morgan fingerprint density at radius 3 is 2.58 bits per heavy atom. The molecule has 6 heteroatoms. The van der Waals surface area contributed by atoms with Crippen LogP contribution in [-0.4, -0.2) is 48.5 Å². The first-order chi connectivity index (χ1) is 16.1. The topological polar surface area (TPSA) is 63.0 Å². The highest BCUT2D eigenvalue weighted by atomic mass is 16.5. The molecule has 0 fully saturated rings. The Morgan fingerprint density at radius 2 is 1.82 bits per heavy atom. The van der Waals surface area contributed by atoms with Gasteiger partial charge in [0.1, 0.15) is 11.3 Å². The fourth-order valence-electron chi connectivity index (χ4n) is 4.54. The van der Waals surface area contributed by atoms with Gasteiger partial charge in [-0.25, -0.2) is 0 Å². The summed E-state index contributed by atoms with van der Waals surface area (Å²) in [5.41, 5.74) is 1.59. The van der Waals surface area contributed by atoms with Gasteiger partial charge in [0.2, 0.25) is 5.76 Å². The van der Waals surface area contributed by atoms with Crippen LogP contribution in [0.4, 0.5) is 0 Å². The normalized spacial score (nSPS) is 15.5. The first kappa shape index (κ1) is 23.1. The molecule has 0 saturated heterocycles. The molecule has 33 heavy (non-hydrogen) atoms. The number of amides is 1. The minimum Gasteiger partial charge on any atom is -0.494 e. The smallest absolute Gasteiger partial charge is 0.290 e. The largest absolute Gasteiger partial charge is 0.494 e. The second kappa shape index (κ2) is 10.2. The zero-order valence-electron chi connectivity index (χ0n) is 19.7. The van der Waals surface area contributed by atoms with Crippen molar-refractivity contribution in [3.05, 3.63) is 75.6 Å². The van der Waals surface area contributed by atoms with Gasteiger partial charge in [0.15, 0.2) is 5.43 Å². The van der Waals surface area contributed by atoms with Crippen LogP contribution in [0.1, 0.15) is 61.3 Å². The van der Waals surface area contributed by atoms with Crippen molar-refractivity contribution in [2.75, 3.05) is 32.8 Å². The van der Waals surface area contributed by atoms with E-state index in [4.69, 9.17) is 9.15 Å².